The van der Waals surface area contributed by atoms with Crippen molar-refractivity contribution in [1.82, 2.24) is 10.6 Å². The molecule has 1 amide bonds. The Morgan fingerprint density at radius 1 is 1.47 bits per heavy atom. The molecule has 1 aliphatic carbocycles. The third-order valence-corrected chi connectivity index (χ3v) is 3.67. The van der Waals surface area contributed by atoms with Gasteiger partial charge in [-0.1, -0.05) is 0 Å². The number of aliphatic hydroxyl groups excluding tert-OH is 1. The molecule has 2 fully saturated rings. The summed E-state index contributed by atoms with van der Waals surface area (Å²) in [4.78, 5) is 11.9. The summed E-state index contributed by atoms with van der Waals surface area (Å²) < 4.78 is 0. The molecule has 86 valence electrons. The predicted octanol–water partition coefficient (Wildman–Crippen LogP) is 0.0172. The lowest BCUT2D eigenvalue weighted by atomic mass is 9.77. The number of nitrogens with one attached hydrogen (secondary N) is 2. The molecule has 4 nitrogen and oxygen atoms in total. The van der Waals surface area contributed by atoms with Gasteiger partial charge in [-0.25, -0.2) is 0 Å². The van der Waals surface area contributed by atoms with Crippen LogP contribution in [0.2, 0.25) is 0 Å². The standard InChI is InChI=1S/C11H20N2O2/c14-8-11(4-2-5-11)13-10(15)9-3-1-6-12-7-9/h9,12,14H,1-8H2,(H,13,15). The first-order valence-electron chi connectivity index (χ1n) is 5.89. The fraction of sp³-hybridized carbons (Fsp3) is 0.909. The average Bonchev–Trinajstić information content (AvgIpc) is 2.24. The maximum atomic E-state index is 11.9. The molecule has 0 aromatic heterocycles. The van der Waals surface area contributed by atoms with E-state index in [1.165, 1.54) is 0 Å². The number of hydrogen-bond donors (Lipinski definition) is 3. The maximum Gasteiger partial charge on any atom is 0.224 e. The fourth-order valence-electron chi connectivity index (χ4n) is 2.37. The van der Waals surface area contributed by atoms with Gasteiger partial charge in [-0.15, -0.1) is 0 Å². The Hall–Kier alpha value is -0.610. The number of carbonyl (C=O) groups is 1. The highest BCUT2D eigenvalue weighted by atomic mass is 16.3. The molecule has 1 heterocycles. The Bertz CT molecular complexity index is 227. The molecule has 0 spiro atoms. The molecule has 0 radical (unpaired) electrons. The highest BCUT2D eigenvalue weighted by molar-refractivity contribution is 5.80. The number of aliphatic hydroxyl groups is 1. The van der Waals surface area contributed by atoms with Gasteiger partial charge in [-0.2, -0.15) is 0 Å². The lowest BCUT2D eigenvalue weighted by molar-refractivity contribution is -0.129. The van der Waals surface area contributed by atoms with Crippen LogP contribution in [0, 0.1) is 5.92 Å². The zero-order valence-corrected chi connectivity index (χ0v) is 9.09. The average molecular weight is 212 g/mol. The van der Waals surface area contributed by atoms with Gasteiger partial charge in [0.2, 0.25) is 5.91 Å². The SMILES string of the molecule is O=C(NC1(CO)CCC1)C1CCCNC1. The summed E-state index contributed by atoms with van der Waals surface area (Å²) in [5.41, 5.74) is -0.283. The van der Waals surface area contributed by atoms with Crippen molar-refractivity contribution in [2.45, 2.75) is 37.6 Å². The summed E-state index contributed by atoms with van der Waals surface area (Å²) in [6, 6.07) is 0. The number of rotatable bonds is 3. The second-order valence-electron chi connectivity index (χ2n) is 4.82. The molecule has 2 rings (SSSR count). The third kappa shape index (κ3) is 2.32. The molecule has 0 bridgehead atoms. The van der Waals surface area contributed by atoms with Crippen LogP contribution >= 0.6 is 0 Å². The fourth-order valence-corrected chi connectivity index (χ4v) is 2.37. The first-order chi connectivity index (χ1) is 7.26. The first-order valence-corrected chi connectivity index (χ1v) is 5.89. The van der Waals surface area contributed by atoms with Gasteiger partial charge in [0.05, 0.1) is 18.1 Å². The largest absolute Gasteiger partial charge is 0.394 e. The molecule has 1 aliphatic heterocycles. The van der Waals surface area contributed by atoms with Crippen LogP contribution in [0.15, 0.2) is 0 Å². The van der Waals surface area contributed by atoms with E-state index >= 15 is 0 Å². The van der Waals surface area contributed by atoms with Crippen LogP contribution in [0.3, 0.4) is 0 Å². The Morgan fingerprint density at radius 2 is 2.27 bits per heavy atom. The second-order valence-corrected chi connectivity index (χ2v) is 4.82. The molecule has 1 saturated carbocycles. The van der Waals surface area contributed by atoms with Crippen LogP contribution in [0.4, 0.5) is 0 Å². The van der Waals surface area contributed by atoms with Crippen molar-refractivity contribution in [3.05, 3.63) is 0 Å². The van der Waals surface area contributed by atoms with Crippen molar-refractivity contribution in [2.75, 3.05) is 19.7 Å². The zero-order valence-electron chi connectivity index (χ0n) is 9.09. The molecular formula is C11H20N2O2. The van der Waals surface area contributed by atoms with E-state index in [2.05, 4.69) is 10.6 Å². The van der Waals surface area contributed by atoms with E-state index in [4.69, 9.17) is 0 Å². The van der Waals surface area contributed by atoms with Crippen LogP contribution in [-0.4, -0.2) is 36.2 Å². The van der Waals surface area contributed by atoms with Crippen LogP contribution in [-0.2, 0) is 4.79 Å². The van der Waals surface area contributed by atoms with E-state index in [9.17, 15) is 9.90 Å². The van der Waals surface area contributed by atoms with Crippen LogP contribution < -0.4 is 10.6 Å². The third-order valence-electron chi connectivity index (χ3n) is 3.67. The van der Waals surface area contributed by atoms with E-state index in [1.54, 1.807) is 0 Å². The first kappa shape index (κ1) is 10.9. The Labute approximate surface area is 90.4 Å². The molecule has 0 aromatic rings. The lowest BCUT2D eigenvalue weighted by Gasteiger charge is -2.42. The zero-order chi connectivity index (χ0) is 10.7. The Morgan fingerprint density at radius 3 is 2.73 bits per heavy atom. The number of carbonyl (C=O) groups excluding carboxylic acids is 1. The van der Waals surface area contributed by atoms with Crippen LogP contribution in [0.1, 0.15) is 32.1 Å². The van der Waals surface area contributed by atoms with Gasteiger partial charge in [0.25, 0.3) is 0 Å². The highest BCUT2D eigenvalue weighted by Crippen LogP contribution is 2.31. The molecule has 0 aromatic carbocycles. The van der Waals surface area contributed by atoms with Crippen molar-refractivity contribution >= 4 is 5.91 Å². The van der Waals surface area contributed by atoms with E-state index in [0.717, 1.165) is 45.2 Å². The minimum Gasteiger partial charge on any atom is -0.394 e. The van der Waals surface area contributed by atoms with Gasteiger partial charge < -0.3 is 15.7 Å². The van der Waals surface area contributed by atoms with E-state index < -0.39 is 0 Å². The smallest absolute Gasteiger partial charge is 0.224 e. The molecule has 2 aliphatic rings. The number of amides is 1. The van der Waals surface area contributed by atoms with Gasteiger partial charge in [0, 0.05) is 6.54 Å². The van der Waals surface area contributed by atoms with Crippen LogP contribution in [0.25, 0.3) is 0 Å². The maximum absolute atomic E-state index is 11.9. The summed E-state index contributed by atoms with van der Waals surface area (Å²) in [5, 5.41) is 15.5. The monoisotopic (exact) mass is 212 g/mol. The number of hydrogen-bond acceptors (Lipinski definition) is 3. The van der Waals surface area contributed by atoms with Crippen molar-refractivity contribution in [2.24, 2.45) is 5.92 Å². The van der Waals surface area contributed by atoms with E-state index in [0.29, 0.717) is 0 Å². The predicted molar refractivity (Wildman–Crippen MR) is 57.4 cm³/mol. The van der Waals surface area contributed by atoms with Crippen molar-refractivity contribution in [1.29, 1.82) is 0 Å². The van der Waals surface area contributed by atoms with Crippen molar-refractivity contribution < 1.29 is 9.90 Å². The molecule has 1 saturated heterocycles. The van der Waals surface area contributed by atoms with Gasteiger partial charge in [0.15, 0.2) is 0 Å². The summed E-state index contributed by atoms with van der Waals surface area (Å²) in [6.07, 6.45) is 5.01. The van der Waals surface area contributed by atoms with E-state index in [-0.39, 0.29) is 24.0 Å². The molecule has 1 atom stereocenters. The lowest BCUT2D eigenvalue weighted by Crippen LogP contribution is -2.58. The molecule has 15 heavy (non-hydrogen) atoms. The minimum absolute atomic E-state index is 0.0822. The van der Waals surface area contributed by atoms with E-state index in [1.807, 2.05) is 0 Å². The molecule has 4 heteroatoms. The van der Waals surface area contributed by atoms with Gasteiger partial charge in [0.1, 0.15) is 0 Å². The topological polar surface area (TPSA) is 61.4 Å². The minimum atomic E-state index is -0.283. The quantitative estimate of drug-likeness (QED) is 0.618. The summed E-state index contributed by atoms with van der Waals surface area (Å²) >= 11 is 0. The normalized spacial score (nSPS) is 29.3. The number of piperidine rings is 1. The summed E-state index contributed by atoms with van der Waals surface area (Å²) in [7, 11) is 0. The van der Waals surface area contributed by atoms with Crippen LogP contribution in [0.5, 0.6) is 0 Å². The van der Waals surface area contributed by atoms with Crippen molar-refractivity contribution in [3.63, 3.8) is 0 Å². The van der Waals surface area contributed by atoms with Gasteiger partial charge in [-0.3, -0.25) is 4.79 Å². The highest BCUT2D eigenvalue weighted by Gasteiger charge is 2.39. The van der Waals surface area contributed by atoms with Gasteiger partial charge >= 0.3 is 0 Å². The Balaban J connectivity index is 1.85. The Kier molecular flexibility index (Phi) is 3.26. The van der Waals surface area contributed by atoms with Gasteiger partial charge in [-0.05, 0) is 38.6 Å². The molecule has 1 unspecified atom stereocenters. The second kappa shape index (κ2) is 4.49. The molecule has 3 N–H and O–H groups in total. The summed E-state index contributed by atoms with van der Waals surface area (Å²) in [6.45, 7) is 1.89. The summed E-state index contributed by atoms with van der Waals surface area (Å²) in [5.74, 6) is 0.221. The van der Waals surface area contributed by atoms with Crippen molar-refractivity contribution in [3.8, 4) is 0 Å². The molecular weight excluding hydrogens is 192 g/mol.